The number of rotatable bonds is 0. The Balaban J connectivity index is 2.33. The lowest BCUT2D eigenvalue weighted by molar-refractivity contribution is -0.165. The third-order valence-corrected chi connectivity index (χ3v) is 5.53. The van der Waals surface area contributed by atoms with Crippen LogP contribution in [0.4, 0.5) is 0 Å². The molecule has 0 unspecified atom stereocenters. The molecule has 0 aromatic rings. The third kappa shape index (κ3) is 4.37. The lowest BCUT2D eigenvalue weighted by atomic mass is 9.83. The smallest absolute Gasteiger partial charge is 0.334 e. The molecule has 4 heteroatoms. The summed E-state index contributed by atoms with van der Waals surface area (Å²) in [4.78, 5) is 12.4. The molecule has 1 heterocycles. The van der Waals surface area contributed by atoms with Gasteiger partial charge < -0.3 is 14.9 Å². The summed E-state index contributed by atoms with van der Waals surface area (Å²) < 4.78 is 5.62. The van der Waals surface area contributed by atoms with Gasteiger partial charge in [-0.2, -0.15) is 0 Å². The minimum absolute atomic E-state index is 0.120. The molecule has 2 rings (SSSR count). The van der Waals surface area contributed by atoms with Gasteiger partial charge >= 0.3 is 5.97 Å². The SMILES string of the molecule is C=C1C(=O)O[C@]2(C)CC[C@@H]1C[C@H](O)/C(C)=C\CC=C(C)CC[C@@H]2O. The van der Waals surface area contributed by atoms with Gasteiger partial charge in [0.25, 0.3) is 0 Å². The van der Waals surface area contributed by atoms with E-state index in [-0.39, 0.29) is 5.92 Å². The van der Waals surface area contributed by atoms with Crippen molar-refractivity contribution in [2.45, 2.75) is 77.1 Å². The Bertz CT molecular complexity index is 560. The van der Waals surface area contributed by atoms with Crippen molar-refractivity contribution in [2.24, 2.45) is 5.92 Å². The number of esters is 1. The minimum atomic E-state index is -0.894. The Morgan fingerprint density at radius 3 is 2.67 bits per heavy atom. The van der Waals surface area contributed by atoms with Gasteiger partial charge in [0.2, 0.25) is 0 Å². The molecule has 1 saturated heterocycles. The summed E-state index contributed by atoms with van der Waals surface area (Å²) in [6.45, 7) is 9.66. The maximum atomic E-state index is 12.4. The van der Waals surface area contributed by atoms with Gasteiger partial charge in [-0.05, 0) is 70.8 Å². The zero-order chi connectivity index (χ0) is 17.9. The molecule has 2 bridgehead atoms. The predicted molar refractivity (Wildman–Crippen MR) is 94.4 cm³/mol. The Labute approximate surface area is 144 Å². The summed E-state index contributed by atoms with van der Waals surface area (Å²) in [5.41, 5.74) is 1.62. The zero-order valence-electron chi connectivity index (χ0n) is 15.0. The number of fused-ring (bicyclic) bond motifs is 3. The molecule has 1 fully saturated rings. The summed E-state index contributed by atoms with van der Waals surface area (Å²) in [5.74, 6) is -0.569. The minimum Gasteiger partial charge on any atom is -0.453 e. The maximum Gasteiger partial charge on any atom is 0.334 e. The van der Waals surface area contributed by atoms with E-state index in [0.29, 0.717) is 31.3 Å². The first-order valence-electron chi connectivity index (χ1n) is 8.83. The fourth-order valence-electron chi connectivity index (χ4n) is 3.43. The number of hydrogen-bond donors (Lipinski definition) is 2. The van der Waals surface area contributed by atoms with Crippen LogP contribution in [0.5, 0.6) is 0 Å². The van der Waals surface area contributed by atoms with E-state index in [4.69, 9.17) is 4.74 Å². The lowest BCUT2D eigenvalue weighted by Crippen LogP contribution is -2.43. The number of carbonyl (C=O) groups is 1. The van der Waals surface area contributed by atoms with Crippen LogP contribution in [0.2, 0.25) is 0 Å². The molecule has 2 aliphatic rings. The highest BCUT2D eigenvalue weighted by Gasteiger charge is 2.41. The standard InChI is InChI=1S/C20H30O4/c1-13-6-5-7-14(2)17(21)12-16-10-11-20(4,18(22)9-8-13)24-19(23)15(16)3/h6-7,16-18,21-22H,3,5,8-12H2,1-2,4H3/b13-6?,14-7-/t16-,17+,18+,20-/m1/s1. The molecular weight excluding hydrogens is 304 g/mol. The number of aliphatic hydroxyl groups is 2. The Kier molecular flexibility index (Phi) is 6.05. The molecule has 0 radical (unpaired) electrons. The average Bonchev–Trinajstić information content (AvgIpc) is 2.64. The van der Waals surface area contributed by atoms with Gasteiger partial charge in [0.1, 0.15) is 5.60 Å². The van der Waals surface area contributed by atoms with Crippen LogP contribution in [0.3, 0.4) is 0 Å². The monoisotopic (exact) mass is 334 g/mol. The van der Waals surface area contributed by atoms with E-state index in [2.05, 4.69) is 12.7 Å². The van der Waals surface area contributed by atoms with E-state index in [0.717, 1.165) is 18.4 Å². The first kappa shape index (κ1) is 18.9. The van der Waals surface area contributed by atoms with Crippen molar-refractivity contribution in [3.63, 3.8) is 0 Å². The van der Waals surface area contributed by atoms with Gasteiger partial charge in [-0.15, -0.1) is 0 Å². The van der Waals surface area contributed by atoms with Crippen molar-refractivity contribution in [2.75, 3.05) is 0 Å². The average molecular weight is 334 g/mol. The Hall–Kier alpha value is -1.39. The largest absolute Gasteiger partial charge is 0.453 e. The van der Waals surface area contributed by atoms with Crippen LogP contribution in [0.1, 0.15) is 59.3 Å². The molecule has 0 aromatic heterocycles. The van der Waals surface area contributed by atoms with Crippen LogP contribution in [0.25, 0.3) is 0 Å². The van der Waals surface area contributed by atoms with Crippen LogP contribution in [-0.2, 0) is 9.53 Å². The molecule has 4 nitrogen and oxygen atoms in total. The van der Waals surface area contributed by atoms with Gasteiger partial charge in [-0.1, -0.05) is 24.3 Å². The van der Waals surface area contributed by atoms with Crippen LogP contribution in [-0.4, -0.2) is 34.0 Å². The van der Waals surface area contributed by atoms with Crippen molar-refractivity contribution >= 4 is 5.97 Å². The maximum absolute atomic E-state index is 12.4. The van der Waals surface area contributed by atoms with Gasteiger partial charge in [0.15, 0.2) is 0 Å². The van der Waals surface area contributed by atoms with Gasteiger partial charge in [-0.3, -0.25) is 0 Å². The fourth-order valence-corrected chi connectivity index (χ4v) is 3.43. The zero-order valence-corrected chi connectivity index (χ0v) is 15.0. The molecule has 1 aliphatic heterocycles. The molecule has 4 atom stereocenters. The van der Waals surface area contributed by atoms with E-state index >= 15 is 0 Å². The fraction of sp³-hybridized carbons (Fsp3) is 0.650. The molecule has 0 saturated carbocycles. The van der Waals surface area contributed by atoms with E-state index < -0.39 is 23.8 Å². The van der Waals surface area contributed by atoms with E-state index in [1.54, 1.807) is 6.92 Å². The highest BCUT2D eigenvalue weighted by Crippen LogP contribution is 2.37. The van der Waals surface area contributed by atoms with Crippen LogP contribution < -0.4 is 0 Å². The Morgan fingerprint density at radius 2 is 1.96 bits per heavy atom. The van der Waals surface area contributed by atoms with Crippen molar-refractivity contribution in [3.05, 3.63) is 35.5 Å². The molecule has 24 heavy (non-hydrogen) atoms. The van der Waals surface area contributed by atoms with Crippen LogP contribution >= 0.6 is 0 Å². The van der Waals surface area contributed by atoms with Gasteiger partial charge in [0, 0.05) is 5.57 Å². The summed E-state index contributed by atoms with van der Waals surface area (Å²) >= 11 is 0. The number of ether oxygens (including phenoxy) is 1. The molecule has 1 aliphatic carbocycles. The van der Waals surface area contributed by atoms with E-state index in [9.17, 15) is 15.0 Å². The summed E-state index contributed by atoms with van der Waals surface area (Å²) in [6, 6.07) is 0. The number of hydrogen-bond acceptors (Lipinski definition) is 4. The normalized spacial score (nSPS) is 38.5. The molecule has 0 aromatic carbocycles. The van der Waals surface area contributed by atoms with Crippen molar-refractivity contribution in [1.29, 1.82) is 0 Å². The topological polar surface area (TPSA) is 66.8 Å². The number of carbonyl (C=O) groups excluding carboxylic acids is 1. The predicted octanol–water partition coefficient (Wildman–Crippen LogP) is 3.44. The van der Waals surface area contributed by atoms with E-state index in [1.807, 2.05) is 19.9 Å². The van der Waals surface area contributed by atoms with Gasteiger partial charge in [0.05, 0.1) is 12.2 Å². The first-order valence-corrected chi connectivity index (χ1v) is 8.83. The van der Waals surface area contributed by atoms with Crippen LogP contribution in [0.15, 0.2) is 35.5 Å². The lowest BCUT2D eigenvalue weighted by Gasteiger charge is -2.33. The number of aliphatic hydroxyl groups excluding tert-OH is 2. The highest BCUT2D eigenvalue weighted by atomic mass is 16.6. The molecule has 0 spiro atoms. The third-order valence-electron chi connectivity index (χ3n) is 5.53. The highest BCUT2D eigenvalue weighted by molar-refractivity contribution is 5.89. The second kappa shape index (κ2) is 7.66. The first-order chi connectivity index (χ1) is 11.2. The summed E-state index contributed by atoms with van der Waals surface area (Å²) in [5, 5.41) is 21.1. The molecule has 134 valence electrons. The molecular formula is C20H30O4. The molecule has 2 N–H and O–H groups in total. The van der Waals surface area contributed by atoms with E-state index in [1.165, 1.54) is 5.57 Å². The quantitative estimate of drug-likeness (QED) is 0.404. The van der Waals surface area contributed by atoms with Crippen LogP contribution in [0, 0.1) is 5.92 Å². The van der Waals surface area contributed by atoms with Gasteiger partial charge in [-0.25, -0.2) is 4.79 Å². The van der Waals surface area contributed by atoms with Crippen molar-refractivity contribution in [1.82, 2.24) is 0 Å². The molecule has 0 amide bonds. The van der Waals surface area contributed by atoms with Crippen molar-refractivity contribution < 1.29 is 19.7 Å². The summed E-state index contributed by atoms with van der Waals surface area (Å²) in [6.07, 6.45) is 6.65. The number of allylic oxidation sites excluding steroid dienone is 3. The summed E-state index contributed by atoms with van der Waals surface area (Å²) in [7, 11) is 0. The van der Waals surface area contributed by atoms with Crippen molar-refractivity contribution in [3.8, 4) is 0 Å². The second-order valence-electron chi connectivity index (χ2n) is 7.50. The second-order valence-corrected chi connectivity index (χ2v) is 7.50. The Morgan fingerprint density at radius 1 is 1.25 bits per heavy atom.